The minimum atomic E-state index is -0.0848. The molecule has 0 atom stereocenters. The predicted octanol–water partition coefficient (Wildman–Crippen LogP) is -0.139. The van der Waals surface area contributed by atoms with E-state index < -0.39 is 0 Å². The third-order valence-electron chi connectivity index (χ3n) is 3.38. The van der Waals surface area contributed by atoms with Crippen LogP contribution in [0.15, 0.2) is 0 Å². The second-order valence-electron chi connectivity index (χ2n) is 4.76. The number of nitrogens with one attached hydrogen (secondary N) is 1. The number of rotatable bonds is 4. The standard InChI is InChI=1S/C12H22N2O3/c15-12(9-14-5-3-13-4-6-14)17-10-11-1-7-16-8-2-11/h11,13H,1-10H2. The van der Waals surface area contributed by atoms with Crippen LogP contribution in [0.25, 0.3) is 0 Å². The Kier molecular flexibility index (Phi) is 5.22. The third-order valence-corrected chi connectivity index (χ3v) is 3.38. The minimum Gasteiger partial charge on any atom is -0.464 e. The summed E-state index contributed by atoms with van der Waals surface area (Å²) in [6, 6.07) is 0. The van der Waals surface area contributed by atoms with Gasteiger partial charge >= 0.3 is 5.97 Å². The number of carbonyl (C=O) groups excluding carboxylic acids is 1. The summed E-state index contributed by atoms with van der Waals surface area (Å²) in [5.74, 6) is 0.411. The number of hydrogen-bond acceptors (Lipinski definition) is 5. The molecule has 98 valence electrons. The number of hydrogen-bond donors (Lipinski definition) is 1. The Balaban J connectivity index is 1.59. The Labute approximate surface area is 102 Å². The Morgan fingerprint density at radius 3 is 2.71 bits per heavy atom. The highest BCUT2D eigenvalue weighted by Gasteiger charge is 2.18. The summed E-state index contributed by atoms with van der Waals surface area (Å²) in [6.07, 6.45) is 2.03. The molecule has 17 heavy (non-hydrogen) atoms. The van der Waals surface area contributed by atoms with Gasteiger partial charge in [-0.2, -0.15) is 0 Å². The monoisotopic (exact) mass is 242 g/mol. The second-order valence-corrected chi connectivity index (χ2v) is 4.76. The van der Waals surface area contributed by atoms with Crippen LogP contribution in [0.1, 0.15) is 12.8 Å². The summed E-state index contributed by atoms with van der Waals surface area (Å²) < 4.78 is 10.6. The molecule has 5 nitrogen and oxygen atoms in total. The maximum atomic E-state index is 11.6. The molecule has 0 aromatic carbocycles. The molecule has 2 rings (SSSR count). The van der Waals surface area contributed by atoms with Crippen molar-refractivity contribution in [3.63, 3.8) is 0 Å². The van der Waals surface area contributed by atoms with E-state index in [0.717, 1.165) is 52.2 Å². The van der Waals surface area contributed by atoms with Crippen LogP contribution in [-0.4, -0.2) is 63.4 Å². The molecule has 2 aliphatic rings. The van der Waals surface area contributed by atoms with Gasteiger partial charge in [-0.1, -0.05) is 0 Å². The number of nitrogens with zero attached hydrogens (tertiary/aromatic N) is 1. The van der Waals surface area contributed by atoms with Gasteiger partial charge in [-0.25, -0.2) is 0 Å². The van der Waals surface area contributed by atoms with Crippen molar-refractivity contribution in [3.05, 3.63) is 0 Å². The van der Waals surface area contributed by atoms with Crippen LogP contribution in [0.2, 0.25) is 0 Å². The first-order chi connectivity index (χ1) is 8.34. The average Bonchev–Trinajstić information content (AvgIpc) is 2.39. The summed E-state index contributed by atoms with van der Waals surface area (Å²) in [5, 5.41) is 3.26. The zero-order chi connectivity index (χ0) is 11.9. The summed E-state index contributed by atoms with van der Waals surface area (Å²) >= 11 is 0. The highest BCUT2D eigenvalue weighted by Crippen LogP contribution is 2.14. The first-order valence-corrected chi connectivity index (χ1v) is 6.51. The predicted molar refractivity (Wildman–Crippen MR) is 63.8 cm³/mol. The molecule has 0 amide bonds. The van der Waals surface area contributed by atoms with Gasteiger partial charge in [-0.05, 0) is 18.8 Å². The van der Waals surface area contributed by atoms with E-state index >= 15 is 0 Å². The van der Waals surface area contributed by atoms with Gasteiger partial charge in [0.2, 0.25) is 0 Å². The molecule has 2 heterocycles. The lowest BCUT2D eigenvalue weighted by atomic mass is 10.0. The normalized spacial score (nSPS) is 23.5. The fraction of sp³-hybridized carbons (Fsp3) is 0.917. The summed E-state index contributed by atoms with van der Waals surface area (Å²) in [6.45, 7) is 6.42. The van der Waals surface area contributed by atoms with Crippen LogP contribution >= 0.6 is 0 Å². The molecular formula is C12H22N2O3. The quantitative estimate of drug-likeness (QED) is 0.696. The first-order valence-electron chi connectivity index (χ1n) is 6.51. The molecule has 2 aliphatic heterocycles. The van der Waals surface area contributed by atoms with E-state index in [1.807, 2.05) is 0 Å². The van der Waals surface area contributed by atoms with Crippen LogP contribution in [0, 0.1) is 5.92 Å². The molecule has 0 aromatic heterocycles. The number of esters is 1. The SMILES string of the molecule is O=C(CN1CCNCC1)OCC1CCOCC1. The van der Waals surface area contributed by atoms with Crippen molar-refractivity contribution in [2.24, 2.45) is 5.92 Å². The summed E-state index contributed by atoms with van der Waals surface area (Å²) in [4.78, 5) is 13.8. The molecule has 0 bridgehead atoms. The molecule has 1 N–H and O–H groups in total. The molecule has 0 aliphatic carbocycles. The number of carbonyl (C=O) groups is 1. The molecule has 0 unspecified atom stereocenters. The van der Waals surface area contributed by atoms with Crippen molar-refractivity contribution in [2.75, 3.05) is 52.5 Å². The lowest BCUT2D eigenvalue weighted by molar-refractivity contribution is -0.147. The second kappa shape index (κ2) is 6.93. The van der Waals surface area contributed by atoms with Gasteiger partial charge in [-0.3, -0.25) is 9.69 Å². The van der Waals surface area contributed by atoms with Crippen LogP contribution in [-0.2, 0) is 14.3 Å². The smallest absolute Gasteiger partial charge is 0.320 e. The molecule has 0 radical (unpaired) electrons. The highest BCUT2D eigenvalue weighted by molar-refractivity contribution is 5.71. The van der Waals surface area contributed by atoms with Crippen molar-refractivity contribution < 1.29 is 14.3 Å². The largest absolute Gasteiger partial charge is 0.464 e. The van der Waals surface area contributed by atoms with E-state index in [1.54, 1.807) is 0 Å². The lowest BCUT2D eigenvalue weighted by Gasteiger charge is -2.27. The van der Waals surface area contributed by atoms with Crippen molar-refractivity contribution in [1.29, 1.82) is 0 Å². The third kappa shape index (κ3) is 4.61. The van der Waals surface area contributed by atoms with Crippen molar-refractivity contribution in [3.8, 4) is 0 Å². The Morgan fingerprint density at radius 2 is 2.00 bits per heavy atom. The fourth-order valence-corrected chi connectivity index (χ4v) is 2.22. The van der Waals surface area contributed by atoms with E-state index in [4.69, 9.17) is 9.47 Å². The van der Waals surface area contributed by atoms with Gasteiger partial charge in [-0.15, -0.1) is 0 Å². The number of piperazine rings is 1. The Hall–Kier alpha value is -0.650. The summed E-state index contributed by atoms with van der Waals surface area (Å²) in [5.41, 5.74) is 0. The maximum Gasteiger partial charge on any atom is 0.320 e. The number of ether oxygens (including phenoxy) is 2. The lowest BCUT2D eigenvalue weighted by Crippen LogP contribution is -2.45. The van der Waals surface area contributed by atoms with Gasteiger partial charge in [0.25, 0.3) is 0 Å². The topological polar surface area (TPSA) is 50.8 Å². The van der Waals surface area contributed by atoms with E-state index in [-0.39, 0.29) is 5.97 Å². The van der Waals surface area contributed by atoms with Gasteiger partial charge in [0.15, 0.2) is 0 Å². The summed E-state index contributed by atoms with van der Waals surface area (Å²) in [7, 11) is 0. The van der Waals surface area contributed by atoms with Gasteiger partial charge < -0.3 is 14.8 Å². The first kappa shape index (κ1) is 12.8. The van der Waals surface area contributed by atoms with E-state index in [9.17, 15) is 4.79 Å². The molecular weight excluding hydrogens is 220 g/mol. The van der Waals surface area contributed by atoms with Gasteiger partial charge in [0.05, 0.1) is 13.2 Å². The van der Waals surface area contributed by atoms with Crippen LogP contribution in [0.4, 0.5) is 0 Å². The van der Waals surface area contributed by atoms with Crippen LogP contribution in [0.5, 0.6) is 0 Å². The highest BCUT2D eigenvalue weighted by atomic mass is 16.5. The Bertz CT molecular complexity index is 236. The minimum absolute atomic E-state index is 0.0848. The fourth-order valence-electron chi connectivity index (χ4n) is 2.22. The molecule has 0 spiro atoms. The van der Waals surface area contributed by atoms with E-state index in [2.05, 4.69) is 10.2 Å². The van der Waals surface area contributed by atoms with Gasteiger partial charge in [0, 0.05) is 39.4 Å². The molecule has 0 aromatic rings. The zero-order valence-corrected chi connectivity index (χ0v) is 10.3. The Morgan fingerprint density at radius 1 is 1.29 bits per heavy atom. The van der Waals surface area contributed by atoms with Gasteiger partial charge in [0.1, 0.15) is 0 Å². The zero-order valence-electron chi connectivity index (χ0n) is 10.3. The molecule has 0 saturated carbocycles. The van der Waals surface area contributed by atoms with Crippen molar-refractivity contribution >= 4 is 5.97 Å². The molecule has 2 fully saturated rings. The maximum absolute atomic E-state index is 11.6. The van der Waals surface area contributed by atoms with Crippen molar-refractivity contribution in [2.45, 2.75) is 12.8 Å². The average molecular weight is 242 g/mol. The molecule has 2 saturated heterocycles. The van der Waals surface area contributed by atoms with E-state index in [1.165, 1.54) is 0 Å². The van der Waals surface area contributed by atoms with Crippen LogP contribution < -0.4 is 5.32 Å². The van der Waals surface area contributed by atoms with Crippen LogP contribution in [0.3, 0.4) is 0 Å². The molecule has 5 heteroatoms. The van der Waals surface area contributed by atoms with E-state index in [0.29, 0.717) is 19.1 Å². The van der Waals surface area contributed by atoms with Crippen molar-refractivity contribution in [1.82, 2.24) is 10.2 Å².